The van der Waals surface area contributed by atoms with E-state index in [9.17, 15) is 0 Å². The van der Waals surface area contributed by atoms with Crippen LogP contribution in [0.4, 0.5) is 0 Å². The highest BCUT2D eigenvalue weighted by atomic mass is 79.9. The lowest BCUT2D eigenvalue weighted by Crippen LogP contribution is -2.26. The van der Waals surface area contributed by atoms with E-state index in [2.05, 4.69) is 50.5 Å². The molecule has 0 spiro atoms. The number of para-hydroxylation sites is 1. The molecule has 1 N–H and O–H groups in total. The molecule has 0 unspecified atom stereocenters. The van der Waals surface area contributed by atoms with Gasteiger partial charge in [0.25, 0.3) is 0 Å². The summed E-state index contributed by atoms with van der Waals surface area (Å²) in [6.45, 7) is 2.23. The molecule has 1 fully saturated rings. The predicted octanol–water partition coefficient (Wildman–Crippen LogP) is 3.46. The van der Waals surface area contributed by atoms with Crippen molar-refractivity contribution in [3.05, 3.63) is 40.5 Å². The number of benzene rings is 1. The molecule has 0 atom stereocenters. The van der Waals surface area contributed by atoms with Crippen LogP contribution in [0.1, 0.15) is 24.3 Å². The molecule has 17 heavy (non-hydrogen) atoms. The number of fused-ring (bicyclic) bond motifs is 1. The molecule has 0 bridgehead atoms. The zero-order valence-corrected chi connectivity index (χ0v) is 11.2. The molecule has 2 aromatic rings. The van der Waals surface area contributed by atoms with Crippen molar-refractivity contribution in [2.45, 2.75) is 18.8 Å². The number of aromatic nitrogens is 1. The quantitative estimate of drug-likeness (QED) is 0.814. The van der Waals surface area contributed by atoms with Crippen LogP contribution in [-0.2, 0) is 0 Å². The Bertz CT molecular complexity index is 533. The van der Waals surface area contributed by atoms with E-state index in [1.54, 1.807) is 0 Å². The molecule has 0 aliphatic carbocycles. The molecule has 0 amide bonds. The Morgan fingerprint density at radius 3 is 2.76 bits per heavy atom. The maximum atomic E-state index is 4.65. The second-order valence-corrected chi connectivity index (χ2v) is 5.34. The van der Waals surface area contributed by atoms with Gasteiger partial charge in [0.15, 0.2) is 0 Å². The van der Waals surface area contributed by atoms with E-state index in [4.69, 9.17) is 0 Å². The Balaban J connectivity index is 2.06. The molecule has 1 aliphatic rings. The molecule has 1 aromatic carbocycles. The predicted molar refractivity (Wildman–Crippen MR) is 74.3 cm³/mol. The molecule has 88 valence electrons. The van der Waals surface area contributed by atoms with Gasteiger partial charge >= 0.3 is 0 Å². The first-order chi connectivity index (χ1) is 8.34. The van der Waals surface area contributed by atoms with E-state index >= 15 is 0 Å². The van der Waals surface area contributed by atoms with Gasteiger partial charge in [-0.05, 0) is 65.5 Å². The number of hydrogen-bond acceptors (Lipinski definition) is 2. The molecular weight excluding hydrogens is 276 g/mol. The van der Waals surface area contributed by atoms with Crippen molar-refractivity contribution in [2.75, 3.05) is 13.1 Å². The van der Waals surface area contributed by atoms with Gasteiger partial charge in [0.2, 0.25) is 0 Å². The lowest BCUT2D eigenvalue weighted by atomic mass is 9.91. The molecule has 3 rings (SSSR count). The zero-order chi connectivity index (χ0) is 11.7. The lowest BCUT2D eigenvalue weighted by molar-refractivity contribution is 0.459. The van der Waals surface area contributed by atoms with E-state index in [0.717, 1.165) is 23.2 Å². The first-order valence-electron chi connectivity index (χ1n) is 6.10. The first-order valence-corrected chi connectivity index (χ1v) is 6.90. The van der Waals surface area contributed by atoms with Crippen LogP contribution in [-0.4, -0.2) is 18.1 Å². The largest absolute Gasteiger partial charge is 0.317 e. The molecular formula is C14H15BrN2. The Labute approximate surface area is 110 Å². The van der Waals surface area contributed by atoms with Crippen molar-refractivity contribution in [2.24, 2.45) is 0 Å². The van der Waals surface area contributed by atoms with Crippen LogP contribution in [0, 0.1) is 0 Å². The van der Waals surface area contributed by atoms with E-state index in [-0.39, 0.29) is 0 Å². The normalized spacial score (nSPS) is 17.5. The van der Waals surface area contributed by atoms with Crippen molar-refractivity contribution < 1.29 is 0 Å². The molecule has 1 aliphatic heterocycles. The van der Waals surface area contributed by atoms with Crippen molar-refractivity contribution in [3.63, 3.8) is 0 Å². The Kier molecular flexibility index (Phi) is 3.12. The van der Waals surface area contributed by atoms with Crippen LogP contribution in [0.2, 0.25) is 0 Å². The van der Waals surface area contributed by atoms with E-state index in [1.807, 2.05) is 6.07 Å². The molecule has 0 radical (unpaired) electrons. The standard InChI is InChI=1S/C14H15BrN2/c15-14-12(10-5-7-16-8-6-10)9-11-3-1-2-4-13(11)17-14/h1-4,9-10,16H,5-8H2. The van der Waals surface area contributed by atoms with Gasteiger partial charge in [-0.25, -0.2) is 4.98 Å². The summed E-state index contributed by atoms with van der Waals surface area (Å²) in [4.78, 5) is 4.65. The second-order valence-electron chi connectivity index (χ2n) is 4.59. The van der Waals surface area contributed by atoms with Gasteiger partial charge in [-0.1, -0.05) is 18.2 Å². The summed E-state index contributed by atoms with van der Waals surface area (Å²) < 4.78 is 1.02. The summed E-state index contributed by atoms with van der Waals surface area (Å²) in [6, 6.07) is 10.6. The molecule has 0 saturated carbocycles. The van der Waals surface area contributed by atoms with Crippen LogP contribution >= 0.6 is 15.9 Å². The maximum Gasteiger partial charge on any atom is 0.110 e. The number of nitrogens with zero attached hydrogens (tertiary/aromatic N) is 1. The monoisotopic (exact) mass is 290 g/mol. The van der Waals surface area contributed by atoms with Gasteiger partial charge in [0, 0.05) is 5.39 Å². The van der Waals surface area contributed by atoms with Crippen LogP contribution in [0.5, 0.6) is 0 Å². The Hall–Kier alpha value is -0.930. The van der Waals surface area contributed by atoms with Gasteiger partial charge < -0.3 is 5.32 Å². The highest BCUT2D eigenvalue weighted by molar-refractivity contribution is 9.10. The summed E-state index contributed by atoms with van der Waals surface area (Å²) in [5.41, 5.74) is 2.43. The molecule has 3 heteroatoms. The minimum Gasteiger partial charge on any atom is -0.317 e. The van der Waals surface area contributed by atoms with Crippen LogP contribution in [0.3, 0.4) is 0 Å². The summed E-state index contributed by atoms with van der Waals surface area (Å²) >= 11 is 3.62. The van der Waals surface area contributed by atoms with Gasteiger partial charge in [-0.15, -0.1) is 0 Å². The second kappa shape index (κ2) is 4.75. The van der Waals surface area contributed by atoms with Gasteiger partial charge in [-0.3, -0.25) is 0 Å². The summed E-state index contributed by atoms with van der Waals surface area (Å²) in [5.74, 6) is 0.641. The molecule has 1 saturated heterocycles. The van der Waals surface area contributed by atoms with Crippen molar-refractivity contribution >= 4 is 26.8 Å². The molecule has 1 aromatic heterocycles. The van der Waals surface area contributed by atoms with E-state index in [1.165, 1.54) is 23.8 Å². The van der Waals surface area contributed by atoms with Crippen molar-refractivity contribution in [3.8, 4) is 0 Å². The zero-order valence-electron chi connectivity index (χ0n) is 9.62. The number of pyridine rings is 1. The molecule has 2 heterocycles. The minimum absolute atomic E-state index is 0.641. The third kappa shape index (κ3) is 2.22. The van der Waals surface area contributed by atoms with Gasteiger partial charge in [-0.2, -0.15) is 0 Å². The first kappa shape index (κ1) is 11.2. The fraction of sp³-hybridized carbons (Fsp3) is 0.357. The average molecular weight is 291 g/mol. The van der Waals surface area contributed by atoms with E-state index in [0.29, 0.717) is 5.92 Å². The lowest BCUT2D eigenvalue weighted by Gasteiger charge is -2.23. The van der Waals surface area contributed by atoms with Gasteiger partial charge in [0.05, 0.1) is 5.52 Å². The fourth-order valence-electron chi connectivity index (χ4n) is 2.53. The summed E-state index contributed by atoms with van der Waals surface area (Å²) in [5, 5.41) is 4.65. The Morgan fingerprint density at radius 2 is 1.94 bits per heavy atom. The summed E-state index contributed by atoms with van der Waals surface area (Å²) in [7, 11) is 0. The van der Waals surface area contributed by atoms with Crippen molar-refractivity contribution in [1.82, 2.24) is 10.3 Å². The van der Waals surface area contributed by atoms with Crippen LogP contribution < -0.4 is 5.32 Å². The number of halogens is 1. The smallest absolute Gasteiger partial charge is 0.110 e. The highest BCUT2D eigenvalue weighted by Gasteiger charge is 2.18. The number of hydrogen-bond donors (Lipinski definition) is 1. The number of nitrogens with one attached hydrogen (secondary N) is 1. The fourth-order valence-corrected chi connectivity index (χ4v) is 3.16. The Morgan fingerprint density at radius 1 is 1.18 bits per heavy atom. The SMILES string of the molecule is Brc1nc2ccccc2cc1C1CCNCC1. The number of rotatable bonds is 1. The van der Waals surface area contributed by atoms with Gasteiger partial charge in [0.1, 0.15) is 4.60 Å². The summed E-state index contributed by atoms with van der Waals surface area (Å²) in [6.07, 6.45) is 2.41. The van der Waals surface area contributed by atoms with Crippen molar-refractivity contribution in [1.29, 1.82) is 0 Å². The van der Waals surface area contributed by atoms with Crippen LogP contribution in [0.25, 0.3) is 10.9 Å². The third-order valence-electron chi connectivity index (χ3n) is 3.48. The van der Waals surface area contributed by atoms with E-state index < -0.39 is 0 Å². The number of piperidine rings is 1. The highest BCUT2D eigenvalue weighted by Crippen LogP contribution is 2.32. The third-order valence-corrected chi connectivity index (χ3v) is 4.12. The average Bonchev–Trinajstić information content (AvgIpc) is 2.39. The maximum absolute atomic E-state index is 4.65. The topological polar surface area (TPSA) is 24.9 Å². The minimum atomic E-state index is 0.641. The molecule has 2 nitrogen and oxygen atoms in total. The van der Waals surface area contributed by atoms with Crippen LogP contribution in [0.15, 0.2) is 34.9 Å².